The minimum absolute atomic E-state index is 0.103. The lowest BCUT2D eigenvalue weighted by Crippen LogP contribution is -2.33. The third-order valence-electron chi connectivity index (χ3n) is 3.48. The van der Waals surface area contributed by atoms with Crippen molar-refractivity contribution in [3.63, 3.8) is 0 Å². The molecule has 166 valence electrons. The van der Waals surface area contributed by atoms with Crippen LogP contribution in [0.5, 0.6) is 0 Å². The topological polar surface area (TPSA) is 227 Å². The van der Waals surface area contributed by atoms with Gasteiger partial charge >= 0.3 is 28.1 Å². The maximum atomic E-state index is 11.9. The molecule has 6 N–H and O–H groups in total. The number of rotatable bonds is 8. The highest BCUT2D eigenvalue weighted by molar-refractivity contribution is 8.08. The second-order valence-corrected chi connectivity index (χ2v) is 11.6. The molecule has 5 unspecified atom stereocenters. The highest BCUT2D eigenvalue weighted by Gasteiger charge is 2.40. The number of hydrogen-bond donors (Lipinski definition) is 6. The number of aliphatic hydroxyl groups excluding tert-OH is 1. The fraction of sp³-hybridized carbons (Fsp3) is 0.600. The number of nitrogens with one attached hydrogen (secondary N) is 1. The van der Waals surface area contributed by atoms with Gasteiger partial charge in [0.2, 0.25) is 0 Å². The minimum atomic E-state index is -5.46. The van der Waals surface area contributed by atoms with Gasteiger partial charge in [-0.3, -0.25) is 14.3 Å². The Balaban J connectivity index is 2.03. The van der Waals surface area contributed by atoms with Crippen LogP contribution in [0.3, 0.4) is 0 Å². The molecule has 19 heteroatoms. The summed E-state index contributed by atoms with van der Waals surface area (Å²) in [5, 5.41) is 10.0. The van der Waals surface area contributed by atoms with Crippen molar-refractivity contribution in [3.05, 3.63) is 32.6 Å². The lowest BCUT2D eigenvalue weighted by atomic mass is 10.2. The highest BCUT2D eigenvalue weighted by Crippen LogP contribution is 2.66. The number of aromatic nitrogens is 2. The normalized spacial score (nSPS) is 26.8. The van der Waals surface area contributed by atoms with Crippen LogP contribution < -0.4 is 11.2 Å². The summed E-state index contributed by atoms with van der Waals surface area (Å²) < 4.78 is 40.8. The average Bonchev–Trinajstić information content (AvgIpc) is 2.86. The van der Waals surface area contributed by atoms with Gasteiger partial charge in [0.15, 0.2) is 0 Å². The fourth-order valence-corrected chi connectivity index (χ4v) is 6.28. The fourth-order valence-electron chi connectivity index (χ4n) is 2.31. The van der Waals surface area contributed by atoms with E-state index in [4.69, 9.17) is 19.0 Å². The van der Waals surface area contributed by atoms with E-state index in [0.717, 1.165) is 4.57 Å². The summed E-state index contributed by atoms with van der Waals surface area (Å²) in [6, 6.07) is 0. The zero-order valence-electron chi connectivity index (χ0n) is 14.4. The van der Waals surface area contributed by atoms with Gasteiger partial charge in [-0.15, -0.1) is 0 Å². The Kier molecular flexibility index (Phi) is 7.57. The molecule has 0 spiro atoms. The third-order valence-corrected chi connectivity index (χ3v) is 8.20. The molecule has 2 rings (SSSR count). The molecular formula is C10H17N2O13P3S. The predicted molar refractivity (Wildman–Crippen MR) is 97.1 cm³/mol. The molecule has 1 aliphatic rings. The van der Waals surface area contributed by atoms with E-state index in [1.165, 1.54) is 13.1 Å². The second-order valence-electron chi connectivity index (χ2n) is 5.80. The number of nitrogens with zero attached hydrogens (tertiary/aromatic N) is 1. The summed E-state index contributed by atoms with van der Waals surface area (Å²) in [6.07, 6.45) is -2.27. The van der Waals surface area contributed by atoms with Crippen LogP contribution >= 0.6 is 22.4 Å². The Hall–Kier alpha value is -0.570. The lowest BCUT2D eigenvalue weighted by molar-refractivity contribution is -0.0427. The molecule has 1 aliphatic heterocycles. The Morgan fingerprint density at radius 3 is 2.48 bits per heavy atom. The molecule has 0 saturated carbocycles. The number of hydrogen-bond acceptors (Lipinski definition) is 10. The summed E-state index contributed by atoms with van der Waals surface area (Å²) in [4.78, 5) is 61.4. The van der Waals surface area contributed by atoms with Crippen LogP contribution in [-0.2, 0) is 38.8 Å². The smallest absolute Gasteiger partial charge is 0.390 e. The molecule has 0 radical (unpaired) electrons. The molecule has 1 saturated heterocycles. The van der Waals surface area contributed by atoms with Crippen LogP contribution in [0.2, 0.25) is 0 Å². The van der Waals surface area contributed by atoms with Crippen LogP contribution in [-0.4, -0.2) is 53.0 Å². The lowest BCUT2D eigenvalue weighted by Gasteiger charge is -2.21. The van der Waals surface area contributed by atoms with Gasteiger partial charge in [0.25, 0.3) is 5.56 Å². The molecule has 0 aliphatic carbocycles. The van der Waals surface area contributed by atoms with Gasteiger partial charge in [0.05, 0.1) is 12.7 Å². The maximum Gasteiger partial charge on any atom is 0.488 e. The first-order valence-electron chi connectivity index (χ1n) is 7.52. The van der Waals surface area contributed by atoms with Crippen LogP contribution in [0.15, 0.2) is 15.8 Å². The molecule has 0 amide bonds. The molecule has 0 aromatic carbocycles. The number of H-pyrrole nitrogens is 1. The molecule has 1 aromatic heterocycles. The van der Waals surface area contributed by atoms with Crippen molar-refractivity contribution in [3.8, 4) is 0 Å². The first-order chi connectivity index (χ1) is 13.1. The van der Waals surface area contributed by atoms with Crippen molar-refractivity contribution in [1.82, 2.24) is 9.55 Å². The summed E-state index contributed by atoms with van der Waals surface area (Å²) in [5.74, 6) is 0. The zero-order chi connectivity index (χ0) is 22.2. The van der Waals surface area contributed by atoms with E-state index in [2.05, 4.69) is 25.4 Å². The SMILES string of the molecule is Cc1cn(C2CC(O)C(COP(O)(=S)OP(=O)(O)OP(=O)(O)O)O2)c(=O)[nH]c1=O. The number of ether oxygens (including phenoxy) is 1. The van der Waals surface area contributed by atoms with Crippen LogP contribution in [0.4, 0.5) is 0 Å². The Morgan fingerprint density at radius 2 is 1.90 bits per heavy atom. The predicted octanol–water partition coefficient (Wildman–Crippen LogP) is -1.05. The monoisotopic (exact) mass is 498 g/mol. The van der Waals surface area contributed by atoms with E-state index in [9.17, 15) is 33.6 Å². The second kappa shape index (κ2) is 8.89. The van der Waals surface area contributed by atoms with Crippen LogP contribution in [0.1, 0.15) is 18.2 Å². The van der Waals surface area contributed by atoms with Crippen molar-refractivity contribution in [2.75, 3.05) is 6.61 Å². The van der Waals surface area contributed by atoms with Gasteiger partial charge in [0.1, 0.15) is 12.3 Å². The Labute approximate surface area is 166 Å². The van der Waals surface area contributed by atoms with E-state index in [1.807, 2.05) is 0 Å². The summed E-state index contributed by atoms with van der Waals surface area (Å²) in [7, 11) is -10.9. The Bertz CT molecular complexity index is 1020. The van der Waals surface area contributed by atoms with Gasteiger partial charge in [0, 0.05) is 18.2 Å². The standard InChI is InChI=1S/C10H17N2O13P3S/c1-5-3-12(10(15)11-9(5)14)8-2-6(13)7(23-8)4-22-28(21,29)25-27(19,20)24-26(16,17)18/h3,6-8,13H,2,4H2,1H3,(H,19,20)(H,21,29)(H,11,14,15)(H2,16,17,18). The highest BCUT2D eigenvalue weighted by atomic mass is 32.5. The van der Waals surface area contributed by atoms with E-state index in [0.29, 0.717) is 0 Å². The zero-order valence-corrected chi connectivity index (χ0v) is 17.9. The minimum Gasteiger partial charge on any atom is -0.390 e. The molecule has 1 aromatic rings. The van der Waals surface area contributed by atoms with E-state index in [1.54, 1.807) is 0 Å². The molecule has 2 heterocycles. The number of aromatic amines is 1. The van der Waals surface area contributed by atoms with Crippen molar-refractivity contribution in [2.24, 2.45) is 0 Å². The van der Waals surface area contributed by atoms with Crippen LogP contribution in [0, 0.1) is 6.92 Å². The summed E-state index contributed by atoms with van der Waals surface area (Å²) in [5.41, 5.74) is -1.16. The third kappa shape index (κ3) is 7.26. The summed E-state index contributed by atoms with van der Waals surface area (Å²) in [6.45, 7) is -3.77. The molecule has 5 atom stereocenters. The van der Waals surface area contributed by atoms with Gasteiger partial charge in [-0.1, -0.05) is 0 Å². The number of aliphatic hydroxyl groups is 1. The largest absolute Gasteiger partial charge is 0.488 e. The molecule has 15 nitrogen and oxygen atoms in total. The van der Waals surface area contributed by atoms with Gasteiger partial charge in [-0.05, 0) is 18.7 Å². The first kappa shape index (κ1) is 24.7. The number of aryl methyl sites for hydroxylation is 1. The van der Waals surface area contributed by atoms with E-state index >= 15 is 0 Å². The van der Waals surface area contributed by atoms with Crippen molar-refractivity contribution >= 4 is 34.2 Å². The molecule has 29 heavy (non-hydrogen) atoms. The van der Waals surface area contributed by atoms with Crippen molar-refractivity contribution in [1.29, 1.82) is 0 Å². The van der Waals surface area contributed by atoms with Gasteiger partial charge in [-0.25, -0.2) is 18.2 Å². The van der Waals surface area contributed by atoms with Crippen LogP contribution in [0.25, 0.3) is 0 Å². The average molecular weight is 498 g/mol. The first-order valence-corrected chi connectivity index (χ1v) is 13.1. The maximum absolute atomic E-state index is 11.9. The van der Waals surface area contributed by atoms with Crippen molar-refractivity contribution in [2.45, 2.75) is 31.8 Å². The van der Waals surface area contributed by atoms with Gasteiger partial charge in [-0.2, -0.15) is 4.31 Å². The van der Waals surface area contributed by atoms with Crippen molar-refractivity contribution < 1.29 is 51.7 Å². The molecule has 0 bridgehead atoms. The Morgan fingerprint density at radius 1 is 1.28 bits per heavy atom. The molecule has 1 fully saturated rings. The van der Waals surface area contributed by atoms with Gasteiger partial charge < -0.3 is 33.9 Å². The molecular weight excluding hydrogens is 481 g/mol. The number of phosphoric acid groups is 2. The van der Waals surface area contributed by atoms with E-state index < -0.39 is 58.7 Å². The quantitative estimate of drug-likeness (QED) is 0.235. The van der Waals surface area contributed by atoms with E-state index in [-0.39, 0.29) is 12.0 Å². The summed E-state index contributed by atoms with van der Waals surface area (Å²) >= 11 is 4.45.